The van der Waals surface area contributed by atoms with Crippen LogP contribution < -0.4 is 5.76 Å². The molecular weight excluding hydrogens is 333 g/mol. The summed E-state index contributed by atoms with van der Waals surface area (Å²) in [6, 6.07) is 10.6. The zero-order chi connectivity index (χ0) is 15.1. The molecule has 3 nitrogen and oxygen atoms in total. The van der Waals surface area contributed by atoms with Crippen LogP contribution in [0, 0.1) is 0 Å². The van der Waals surface area contributed by atoms with Gasteiger partial charge in [-0.1, -0.05) is 35.3 Å². The van der Waals surface area contributed by atoms with Crippen LogP contribution in [0.1, 0.15) is 16.5 Å². The third kappa shape index (κ3) is 2.57. The molecule has 0 N–H and O–H groups in total. The zero-order valence-corrected chi connectivity index (χ0v) is 13.2. The molecule has 0 amide bonds. The first-order chi connectivity index (χ1) is 9.97. The van der Waals surface area contributed by atoms with Crippen LogP contribution in [0.15, 0.2) is 45.6 Å². The van der Waals surface area contributed by atoms with Crippen molar-refractivity contribution >= 4 is 45.9 Å². The molecule has 0 aliphatic heterocycles. The van der Waals surface area contributed by atoms with Crippen molar-refractivity contribution in [2.24, 2.45) is 7.05 Å². The van der Waals surface area contributed by atoms with E-state index < -0.39 is 11.1 Å². The van der Waals surface area contributed by atoms with E-state index in [0.29, 0.717) is 26.7 Å². The third-order valence-corrected chi connectivity index (χ3v) is 4.41. The van der Waals surface area contributed by atoms with Crippen molar-refractivity contribution < 1.29 is 4.42 Å². The van der Waals surface area contributed by atoms with Crippen molar-refractivity contribution in [1.82, 2.24) is 4.57 Å². The van der Waals surface area contributed by atoms with Gasteiger partial charge in [0.05, 0.1) is 10.9 Å². The first kappa shape index (κ1) is 14.5. The molecule has 0 saturated heterocycles. The quantitative estimate of drug-likeness (QED) is 0.629. The van der Waals surface area contributed by atoms with Gasteiger partial charge in [-0.2, -0.15) is 0 Å². The van der Waals surface area contributed by atoms with E-state index in [1.807, 2.05) is 12.1 Å². The highest BCUT2D eigenvalue weighted by Gasteiger charge is 2.18. The second-order valence-corrected chi connectivity index (χ2v) is 5.96. The fourth-order valence-electron chi connectivity index (χ4n) is 2.17. The van der Waals surface area contributed by atoms with Gasteiger partial charge in [-0.15, -0.1) is 11.6 Å². The number of hydrogen-bond donors (Lipinski definition) is 0. The van der Waals surface area contributed by atoms with Crippen molar-refractivity contribution in [3.8, 4) is 0 Å². The van der Waals surface area contributed by atoms with Gasteiger partial charge in [-0.05, 0) is 35.4 Å². The number of fused-ring (bicyclic) bond motifs is 1. The molecule has 0 radical (unpaired) electrons. The Morgan fingerprint density at radius 2 is 1.81 bits per heavy atom. The standard InChI is InChI=1S/C15H10Cl3NO2/c1-19-12-7-11(17)10(6-13(12)21-15(19)20)14(18)8-2-4-9(16)5-3-8/h2-7,14H,1H3. The van der Waals surface area contributed by atoms with E-state index in [0.717, 1.165) is 5.56 Å². The highest BCUT2D eigenvalue weighted by atomic mass is 35.5. The molecule has 0 aliphatic carbocycles. The molecule has 2 aromatic carbocycles. The van der Waals surface area contributed by atoms with E-state index in [4.69, 9.17) is 39.2 Å². The molecule has 1 aromatic heterocycles. The van der Waals surface area contributed by atoms with Gasteiger partial charge in [0.15, 0.2) is 5.58 Å². The number of halogens is 3. The number of oxazole rings is 1. The summed E-state index contributed by atoms with van der Waals surface area (Å²) in [5.41, 5.74) is 2.64. The van der Waals surface area contributed by atoms with Crippen molar-refractivity contribution in [2.45, 2.75) is 5.38 Å². The summed E-state index contributed by atoms with van der Waals surface area (Å²) in [6.07, 6.45) is 0. The largest absolute Gasteiger partial charge is 0.419 e. The Hall–Kier alpha value is -1.42. The number of hydrogen-bond acceptors (Lipinski definition) is 2. The Morgan fingerprint density at radius 3 is 2.48 bits per heavy atom. The summed E-state index contributed by atoms with van der Waals surface area (Å²) in [5.74, 6) is -0.434. The first-order valence-corrected chi connectivity index (χ1v) is 7.35. The maximum Gasteiger partial charge on any atom is 0.419 e. The van der Waals surface area contributed by atoms with Crippen molar-refractivity contribution in [3.63, 3.8) is 0 Å². The highest BCUT2D eigenvalue weighted by molar-refractivity contribution is 6.34. The predicted molar refractivity (Wildman–Crippen MR) is 85.6 cm³/mol. The number of nitrogens with zero attached hydrogens (tertiary/aromatic N) is 1. The van der Waals surface area contributed by atoms with E-state index in [9.17, 15) is 4.79 Å². The van der Waals surface area contributed by atoms with Gasteiger partial charge in [0.2, 0.25) is 0 Å². The van der Waals surface area contributed by atoms with Crippen LogP contribution >= 0.6 is 34.8 Å². The molecular formula is C15H10Cl3NO2. The van der Waals surface area contributed by atoms with Crippen LogP contribution in [0.25, 0.3) is 11.1 Å². The molecule has 1 unspecified atom stereocenters. The third-order valence-electron chi connectivity index (χ3n) is 3.35. The summed E-state index contributed by atoms with van der Waals surface area (Å²) in [4.78, 5) is 11.5. The van der Waals surface area contributed by atoms with Gasteiger partial charge in [0, 0.05) is 17.1 Å². The molecule has 0 bridgehead atoms. The van der Waals surface area contributed by atoms with Gasteiger partial charge in [0.1, 0.15) is 0 Å². The first-order valence-electron chi connectivity index (χ1n) is 6.16. The normalized spacial score (nSPS) is 12.8. The average Bonchev–Trinajstić information content (AvgIpc) is 2.73. The molecule has 3 aromatic rings. The number of alkyl halides is 1. The minimum atomic E-state index is -0.454. The van der Waals surface area contributed by atoms with Crippen LogP contribution in [0.4, 0.5) is 0 Å². The summed E-state index contributed by atoms with van der Waals surface area (Å²) >= 11 is 18.6. The Morgan fingerprint density at radius 1 is 1.14 bits per heavy atom. The molecule has 6 heteroatoms. The van der Waals surface area contributed by atoms with Crippen LogP contribution in [-0.4, -0.2) is 4.57 Å². The van der Waals surface area contributed by atoms with Gasteiger partial charge >= 0.3 is 5.76 Å². The molecule has 21 heavy (non-hydrogen) atoms. The smallest absolute Gasteiger partial charge is 0.408 e. The molecule has 0 aliphatic rings. The molecule has 0 saturated carbocycles. The zero-order valence-electron chi connectivity index (χ0n) is 10.9. The Bertz CT molecular complexity index is 865. The van der Waals surface area contributed by atoms with E-state index >= 15 is 0 Å². The van der Waals surface area contributed by atoms with Gasteiger partial charge < -0.3 is 4.42 Å². The number of benzene rings is 2. The summed E-state index contributed by atoms with van der Waals surface area (Å²) < 4.78 is 6.57. The molecule has 3 rings (SSSR count). The lowest BCUT2D eigenvalue weighted by atomic mass is 10.0. The van der Waals surface area contributed by atoms with Crippen LogP contribution in [0.3, 0.4) is 0 Å². The molecule has 0 fully saturated rings. The van der Waals surface area contributed by atoms with E-state index in [1.54, 1.807) is 31.3 Å². The van der Waals surface area contributed by atoms with Gasteiger partial charge in [-0.3, -0.25) is 4.57 Å². The number of rotatable bonds is 2. The van der Waals surface area contributed by atoms with Crippen molar-refractivity contribution in [3.05, 3.63) is 68.1 Å². The second-order valence-electron chi connectivity index (χ2n) is 4.68. The van der Waals surface area contributed by atoms with Crippen LogP contribution in [0.2, 0.25) is 10.0 Å². The van der Waals surface area contributed by atoms with Gasteiger partial charge in [-0.25, -0.2) is 4.79 Å². The molecule has 108 valence electrons. The molecule has 1 atom stereocenters. The average molecular weight is 343 g/mol. The lowest BCUT2D eigenvalue weighted by molar-refractivity contribution is 0.528. The van der Waals surface area contributed by atoms with Gasteiger partial charge in [0.25, 0.3) is 0 Å². The van der Waals surface area contributed by atoms with Crippen molar-refractivity contribution in [1.29, 1.82) is 0 Å². The summed E-state index contributed by atoms with van der Waals surface area (Å²) in [6.45, 7) is 0. The highest BCUT2D eigenvalue weighted by Crippen LogP contribution is 2.36. The lowest BCUT2D eigenvalue weighted by Gasteiger charge is -2.12. The van der Waals surface area contributed by atoms with Crippen LogP contribution in [-0.2, 0) is 7.05 Å². The molecule has 1 heterocycles. The molecule has 0 spiro atoms. The Labute approximate surface area is 135 Å². The second kappa shape index (κ2) is 5.41. The topological polar surface area (TPSA) is 35.1 Å². The lowest BCUT2D eigenvalue weighted by Crippen LogP contribution is -2.08. The minimum Gasteiger partial charge on any atom is -0.408 e. The number of aryl methyl sites for hydroxylation is 1. The maximum absolute atomic E-state index is 11.5. The van der Waals surface area contributed by atoms with Crippen molar-refractivity contribution in [2.75, 3.05) is 0 Å². The Kier molecular flexibility index (Phi) is 3.74. The Balaban J connectivity index is 2.13. The van der Waals surface area contributed by atoms with E-state index in [-0.39, 0.29) is 0 Å². The minimum absolute atomic E-state index is 0.434. The van der Waals surface area contributed by atoms with E-state index in [2.05, 4.69) is 0 Å². The van der Waals surface area contributed by atoms with E-state index in [1.165, 1.54) is 4.57 Å². The fraction of sp³-hybridized carbons (Fsp3) is 0.133. The maximum atomic E-state index is 11.5. The summed E-state index contributed by atoms with van der Waals surface area (Å²) in [7, 11) is 1.63. The number of aromatic nitrogens is 1. The summed E-state index contributed by atoms with van der Waals surface area (Å²) in [5, 5.41) is 0.664. The monoisotopic (exact) mass is 341 g/mol. The predicted octanol–water partition coefficient (Wildman–Crippen LogP) is 4.77. The SMILES string of the molecule is Cn1c(=O)oc2cc(C(Cl)c3ccc(Cl)cc3)c(Cl)cc21. The van der Waals surface area contributed by atoms with Crippen LogP contribution in [0.5, 0.6) is 0 Å². The fourth-order valence-corrected chi connectivity index (χ4v) is 2.94.